The van der Waals surface area contributed by atoms with Gasteiger partial charge in [-0.15, -0.1) is 0 Å². The highest BCUT2D eigenvalue weighted by Crippen LogP contribution is 2.42. The lowest BCUT2D eigenvalue weighted by atomic mass is 9.80. The van der Waals surface area contributed by atoms with Crippen molar-refractivity contribution in [2.75, 3.05) is 4.72 Å². The van der Waals surface area contributed by atoms with Gasteiger partial charge < -0.3 is 9.84 Å². The van der Waals surface area contributed by atoms with Gasteiger partial charge in [0.2, 0.25) is 0 Å². The van der Waals surface area contributed by atoms with Gasteiger partial charge in [-0.25, -0.2) is 9.78 Å². The van der Waals surface area contributed by atoms with Crippen molar-refractivity contribution in [1.82, 2.24) is 4.98 Å². The van der Waals surface area contributed by atoms with Crippen molar-refractivity contribution in [3.8, 4) is 0 Å². The highest BCUT2D eigenvalue weighted by Gasteiger charge is 2.43. The largest absolute Gasteiger partial charge is 0.512 e. The second-order valence-electron chi connectivity index (χ2n) is 10.2. The molecule has 1 aromatic heterocycles. The average Bonchev–Trinajstić information content (AvgIpc) is 2.90. The number of nitrogens with one attached hydrogen (secondary N) is 1. The maximum Gasteiger partial charge on any atom is 0.338 e. The van der Waals surface area contributed by atoms with E-state index in [-0.39, 0.29) is 22.8 Å². The van der Waals surface area contributed by atoms with E-state index < -0.39 is 27.5 Å². The molecule has 2 N–H and O–H groups in total. The molecule has 7 nitrogen and oxygen atoms in total. The van der Waals surface area contributed by atoms with E-state index in [9.17, 15) is 18.3 Å². The number of carbonyl (C=O) groups is 1. The SMILES string of the molecule is CCC[C@@]1(CCc2ccccc2)CC(O)=C(C(CC)c2cccc(NS(=O)(=O)c3ccc(C)cn3)c2)C(=O)O1. The first kappa shape index (κ1) is 28.4. The Kier molecular flexibility index (Phi) is 8.75. The van der Waals surface area contributed by atoms with Crippen LogP contribution in [0.1, 0.15) is 68.6 Å². The molecule has 8 heteroatoms. The Morgan fingerprint density at radius 2 is 1.82 bits per heavy atom. The molecule has 0 radical (unpaired) electrons. The Hall–Kier alpha value is -3.65. The van der Waals surface area contributed by atoms with Crippen LogP contribution in [0, 0.1) is 6.92 Å². The number of rotatable bonds is 11. The molecule has 0 saturated carbocycles. The number of cyclic esters (lactones) is 1. The predicted octanol–water partition coefficient (Wildman–Crippen LogP) is 6.62. The third kappa shape index (κ3) is 6.68. The highest BCUT2D eigenvalue weighted by atomic mass is 32.2. The number of anilines is 1. The number of hydrogen-bond acceptors (Lipinski definition) is 6. The fourth-order valence-corrected chi connectivity index (χ4v) is 6.25. The fourth-order valence-electron chi connectivity index (χ4n) is 5.27. The summed E-state index contributed by atoms with van der Waals surface area (Å²) in [7, 11) is -3.89. The molecule has 1 unspecified atom stereocenters. The summed E-state index contributed by atoms with van der Waals surface area (Å²) in [5.74, 6) is -0.912. The van der Waals surface area contributed by atoms with Crippen LogP contribution in [0.25, 0.3) is 0 Å². The molecule has 0 aliphatic carbocycles. The number of aromatic nitrogens is 1. The number of nitrogens with zero attached hydrogens (tertiary/aromatic N) is 1. The lowest BCUT2D eigenvalue weighted by Gasteiger charge is -2.38. The first-order valence-corrected chi connectivity index (χ1v) is 14.9. The number of aliphatic hydroxyl groups excluding tert-OH is 1. The van der Waals surface area contributed by atoms with Gasteiger partial charge in [-0.2, -0.15) is 8.42 Å². The van der Waals surface area contributed by atoms with Crippen LogP contribution in [-0.4, -0.2) is 30.1 Å². The highest BCUT2D eigenvalue weighted by molar-refractivity contribution is 7.92. The van der Waals surface area contributed by atoms with Crippen molar-refractivity contribution < 1.29 is 23.1 Å². The standard InChI is InChI=1S/C31H36N2O5S/c1-4-17-31(18-16-23-10-7-6-8-11-23)20-27(34)29(30(35)38-31)26(5-2)24-12-9-13-25(19-24)33-39(36,37)28-15-14-22(3)21-32-28/h6-15,19,21,26,33-34H,4-5,16-18,20H2,1-3H3/t26?,31-/m1/s1. The first-order chi connectivity index (χ1) is 18.7. The number of aryl methyl sites for hydroxylation is 2. The minimum absolute atomic E-state index is 0.0504. The Bertz CT molecular complexity index is 1440. The van der Waals surface area contributed by atoms with Gasteiger partial charge in [0.25, 0.3) is 10.0 Å². The van der Waals surface area contributed by atoms with E-state index in [4.69, 9.17) is 4.74 Å². The van der Waals surface area contributed by atoms with Crippen LogP contribution in [0.4, 0.5) is 5.69 Å². The summed E-state index contributed by atoms with van der Waals surface area (Å²) in [5.41, 5.74) is 2.55. The van der Waals surface area contributed by atoms with Crippen LogP contribution < -0.4 is 4.72 Å². The van der Waals surface area contributed by atoms with Gasteiger partial charge in [-0.3, -0.25) is 4.72 Å². The van der Waals surface area contributed by atoms with Gasteiger partial charge in [0.15, 0.2) is 5.03 Å². The molecule has 1 aliphatic rings. The molecule has 3 aromatic rings. The smallest absolute Gasteiger partial charge is 0.338 e. The monoisotopic (exact) mass is 548 g/mol. The maximum absolute atomic E-state index is 13.4. The summed E-state index contributed by atoms with van der Waals surface area (Å²) in [6.07, 6.45) is 5.12. The van der Waals surface area contributed by atoms with Crippen molar-refractivity contribution >= 4 is 21.7 Å². The van der Waals surface area contributed by atoms with Crippen LogP contribution in [0.2, 0.25) is 0 Å². The normalized spacial score (nSPS) is 18.5. The van der Waals surface area contributed by atoms with Gasteiger partial charge in [-0.1, -0.05) is 68.8 Å². The van der Waals surface area contributed by atoms with E-state index in [1.54, 1.807) is 24.3 Å². The lowest BCUT2D eigenvalue weighted by Crippen LogP contribution is -2.41. The minimum atomic E-state index is -3.89. The quantitative estimate of drug-likeness (QED) is 0.261. The number of ether oxygens (including phenoxy) is 1. The number of benzene rings is 2. The Balaban J connectivity index is 1.58. The molecule has 0 saturated heterocycles. The Morgan fingerprint density at radius 1 is 1.05 bits per heavy atom. The van der Waals surface area contributed by atoms with Crippen LogP contribution >= 0.6 is 0 Å². The number of sulfonamides is 1. The van der Waals surface area contributed by atoms with Crippen molar-refractivity contribution in [2.45, 2.75) is 75.8 Å². The molecule has 0 fully saturated rings. The fraction of sp³-hybridized carbons (Fsp3) is 0.355. The van der Waals surface area contributed by atoms with Crippen LogP contribution in [0.5, 0.6) is 0 Å². The van der Waals surface area contributed by atoms with Gasteiger partial charge in [0.05, 0.1) is 5.57 Å². The van der Waals surface area contributed by atoms with Gasteiger partial charge in [-0.05, 0) is 67.5 Å². The summed E-state index contributed by atoms with van der Waals surface area (Å²) in [6, 6.07) is 20.1. The van der Waals surface area contributed by atoms with E-state index in [0.717, 1.165) is 24.0 Å². The third-order valence-electron chi connectivity index (χ3n) is 7.20. The molecule has 206 valence electrons. The number of esters is 1. The zero-order valence-electron chi connectivity index (χ0n) is 22.7. The van der Waals surface area contributed by atoms with E-state index in [1.165, 1.54) is 12.3 Å². The molecule has 0 amide bonds. The van der Waals surface area contributed by atoms with Crippen LogP contribution in [0.15, 0.2) is 89.3 Å². The van der Waals surface area contributed by atoms with Gasteiger partial charge >= 0.3 is 5.97 Å². The van der Waals surface area contributed by atoms with E-state index in [1.807, 2.05) is 45.0 Å². The predicted molar refractivity (Wildman–Crippen MR) is 152 cm³/mol. The lowest BCUT2D eigenvalue weighted by molar-refractivity contribution is -0.161. The number of carbonyl (C=O) groups excluding carboxylic acids is 1. The minimum Gasteiger partial charge on any atom is -0.512 e. The molecule has 4 rings (SSSR count). The van der Waals surface area contributed by atoms with Gasteiger partial charge in [0, 0.05) is 24.2 Å². The molecule has 2 aromatic carbocycles. The molecule has 39 heavy (non-hydrogen) atoms. The molecule has 2 heterocycles. The van der Waals surface area contributed by atoms with E-state index in [0.29, 0.717) is 30.5 Å². The zero-order chi connectivity index (χ0) is 28.0. The maximum atomic E-state index is 13.4. The van der Waals surface area contributed by atoms with Crippen LogP contribution in [0.3, 0.4) is 0 Å². The van der Waals surface area contributed by atoms with E-state index in [2.05, 4.69) is 21.8 Å². The average molecular weight is 549 g/mol. The summed E-state index contributed by atoms with van der Waals surface area (Å²) < 4.78 is 34.4. The second kappa shape index (κ2) is 12.0. The molecule has 0 spiro atoms. The summed E-state index contributed by atoms with van der Waals surface area (Å²) in [4.78, 5) is 17.5. The Morgan fingerprint density at radius 3 is 2.46 bits per heavy atom. The third-order valence-corrected chi connectivity index (χ3v) is 8.50. The second-order valence-corrected chi connectivity index (χ2v) is 11.8. The Labute approximate surface area is 231 Å². The van der Waals surface area contributed by atoms with E-state index >= 15 is 0 Å². The molecule has 2 atom stereocenters. The zero-order valence-corrected chi connectivity index (χ0v) is 23.5. The number of aliphatic hydroxyl groups is 1. The van der Waals surface area contributed by atoms with Crippen LogP contribution in [-0.2, 0) is 26.0 Å². The first-order valence-electron chi connectivity index (χ1n) is 13.4. The number of pyridine rings is 1. The summed E-state index contributed by atoms with van der Waals surface area (Å²) >= 11 is 0. The van der Waals surface area contributed by atoms with Crippen molar-refractivity contribution in [3.63, 3.8) is 0 Å². The van der Waals surface area contributed by atoms with Gasteiger partial charge in [0.1, 0.15) is 11.4 Å². The molecular formula is C31H36N2O5S. The van der Waals surface area contributed by atoms with Crippen molar-refractivity contribution in [1.29, 1.82) is 0 Å². The molecule has 1 aliphatic heterocycles. The number of hydrogen-bond donors (Lipinski definition) is 2. The van der Waals surface area contributed by atoms with Crippen molar-refractivity contribution in [2.24, 2.45) is 0 Å². The topological polar surface area (TPSA) is 106 Å². The molecule has 0 bridgehead atoms. The summed E-state index contributed by atoms with van der Waals surface area (Å²) in [5, 5.41) is 11.2. The summed E-state index contributed by atoms with van der Waals surface area (Å²) in [6.45, 7) is 5.80. The molecular weight excluding hydrogens is 512 g/mol. The van der Waals surface area contributed by atoms with Crippen molar-refractivity contribution in [3.05, 3.63) is 101 Å².